The Hall–Kier alpha value is -0.310. The van der Waals surface area contributed by atoms with E-state index in [1.807, 2.05) is 26.0 Å². The molecule has 0 N–H and O–H groups in total. The Bertz CT molecular complexity index is 281. The third kappa shape index (κ3) is 3.12. The van der Waals surface area contributed by atoms with Gasteiger partial charge in [-0.3, -0.25) is 0 Å². The van der Waals surface area contributed by atoms with E-state index in [2.05, 4.69) is 0 Å². The van der Waals surface area contributed by atoms with E-state index in [1.54, 1.807) is 20.8 Å². The van der Waals surface area contributed by atoms with Crippen LogP contribution in [-0.4, -0.2) is 18.4 Å². The van der Waals surface area contributed by atoms with Gasteiger partial charge >= 0.3 is 0 Å². The Labute approximate surface area is 88.3 Å². The van der Waals surface area contributed by atoms with Crippen LogP contribution >= 0.6 is 0 Å². The van der Waals surface area contributed by atoms with E-state index in [1.165, 1.54) is 0 Å². The van der Waals surface area contributed by atoms with Gasteiger partial charge in [0.15, 0.2) is 9.84 Å². The van der Waals surface area contributed by atoms with Crippen LogP contribution in [-0.2, 0) is 9.84 Å². The average Bonchev–Trinajstić information content (AvgIpc) is 2.03. The highest BCUT2D eigenvalue weighted by Gasteiger charge is 2.34. The summed E-state index contributed by atoms with van der Waals surface area (Å²) in [6, 6.07) is 0. The Balaban J connectivity index is 4.96. The molecule has 0 aliphatic heterocycles. The summed E-state index contributed by atoms with van der Waals surface area (Å²) in [7, 11) is -3.05. The zero-order valence-corrected chi connectivity index (χ0v) is 10.7. The van der Waals surface area contributed by atoms with Gasteiger partial charge in [-0.1, -0.05) is 26.0 Å². The molecule has 84 valence electrons. The minimum Gasteiger partial charge on any atom is -0.228 e. The monoisotopic (exact) mass is 218 g/mol. The van der Waals surface area contributed by atoms with Gasteiger partial charge in [-0.05, 0) is 33.6 Å². The molecule has 0 aromatic carbocycles. The van der Waals surface area contributed by atoms with Crippen LogP contribution in [0.2, 0.25) is 0 Å². The molecule has 0 spiro atoms. The molecule has 0 unspecified atom stereocenters. The minimum atomic E-state index is -3.05. The Morgan fingerprint density at radius 1 is 1.21 bits per heavy atom. The average molecular weight is 218 g/mol. The van der Waals surface area contributed by atoms with Crippen molar-refractivity contribution >= 4 is 9.84 Å². The molecule has 0 saturated heterocycles. The van der Waals surface area contributed by atoms with E-state index >= 15 is 0 Å². The van der Waals surface area contributed by atoms with Gasteiger partial charge in [-0.15, -0.1) is 0 Å². The first-order valence-electron chi connectivity index (χ1n) is 5.17. The Kier molecular flexibility index (Phi) is 4.85. The van der Waals surface area contributed by atoms with E-state index in [-0.39, 0.29) is 5.25 Å². The van der Waals surface area contributed by atoms with Crippen LogP contribution < -0.4 is 0 Å². The maximum atomic E-state index is 12.0. The van der Waals surface area contributed by atoms with Crippen LogP contribution in [0.15, 0.2) is 12.2 Å². The predicted molar refractivity (Wildman–Crippen MR) is 62.2 cm³/mol. The molecule has 3 heteroatoms. The van der Waals surface area contributed by atoms with E-state index in [4.69, 9.17) is 0 Å². The summed E-state index contributed by atoms with van der Waals surface area (Å²) >= 11 is 0. The summed E-state index contributed by atoms with van der Waals surface area (Å²) in [5, 5.41) is -0.331. The molecule has 0 fully saturated rings. The fourth-order valence-electron chi connectivity index (χ4n) is 1.20. The van der Waals surface area contributed by atoms with Crippen molar-refractivity contribution < 1.29 is 8.42 Å². The molecule has 2 nitrogen and oxygen atoms in total. The molecule has 0 rings (SSSR count). The molecule has 0 aliphatic rings. The lowest BCUT2D eigenvalue weighted by molar-refractivity contribution is 0.550. The van der Waals surface area contributed by atoms with Crippen molar-refractivity contribution in [2.45, 2.75) is 57.5 Å². The molecular weight excluding hydrogens is 196 g/mol. The lowest BCUT2D eigenvalue weighted by Crippen LogP contribution is -2.36. The molecule has 14 heavy (non-hydrogen) atoms. The van der Waals surface area contributed by atoms with Gasteiger partial charge in [0.05, 0.1) is 10.00 Å². The molecule has 0 radical (unpaired) electrons. The summed E-state index contributed by atoms with van der Waals surface area (Å²) in [4.78, 5) is 0. The number of sulfone groups is 1. The molecule has 0 bridgehead atoms. The predicted octanol–water partition coefficient (Wildman–Crippen LogP) is 2.94. The first-order valence-corrected chi connectivity index (χ1v) is 6.72. The van der Waals surface area contributed by atoms with Crippen molar-refractivity contribution in [2.75, 3.05) is 0 Å². The van der Waals surface area contributed by atoms with Crippen LogP contribution in [0.3, 0.4) is 0 Å². The zero-order chi connectivity index (χ0) is 11.4. The molecule has 1 atom stereocenters. The van der Waals surface area contributed by atoms with Crippen molar-refractivity contribution in [3.05, 3.63) is 12.2 Å². The smallest absolute Gasteiger partial charge is 0.161 e. The molecule has 0 amide bonds. The normalized spacial score (nSPS) is 16.1. The molecular formula is C11H22O2S. The van der Waals surface area contributed by atoms with Gasteiger partial charge in [0.25, 0.3) is 0 Å². The van der Waals surface area contributed by atoms with Crippen LogP contribution in [0.5, 0.6) is 0 Å². The van der Waals surface area contributed by atoms with Gasteiger partial charge in [-0.25, -0.2) is 8.42 Å². The van der Waals surface area contributed by atoms with Crippen molar-refractivity contribution in [1.29, 1.82) is 0 Å². The first kappa shape index (κ1) is 13.7. The van der Waals surface area contributed by atoms with Crippen LogP contribution in [0.25, 0.3) is 0 Å². The largest absolute Gasteiger partial charge is 0.228 e. The van der Waals surface area contributed by atoms with Crippen LogP contribution in [0, 0.1) is 0 Å². The SMILES string of the molecule is CC/C=C/[C@@H](CC)S(=O)(=O)C(C)(C)C. The fourth-order valence-corrected chi connectivity index (χ4v) is 2.87. The third-order valence-corrected chi connectivity index (χ3v) is 5.24. The zero-order valence-electron chi connectivity index (χ0n) is 9.87. The molecule has 0 aliphatic carbocycles. The Morgan fingerprint density at radius 2 is 1.71 bits per heavy atom. The molecule has 0 heterocycles. The second-order valence-electron chi connectivity index (χ2n) is 4.44. The maximum Gasteiger partial charge on any atom is 0.161 e. The minimum absolute atomic E-state index is 0.331. The van der Waals surface area contributed by atoms with Crippen LogP contribution in [0.4, 0.5) is 0 Å². The highest BCUT2D eigenvalue weighted by atomic mass is 32.2. The van der Waals surface area contributed by atoms with Crippen molar-refractivity contribution in [2.24, 2.45) is 0 Å². The molecule has 0 saturated carbocycles. The summed E-state index contributed by atoms with van der Waals surface area (Å²) in [5.74, 6) is 0. The number of allylic oxidation sites excluding steroid dienone is 1. The topological polar surface area (TPSA) is 34.1 Å². The van der Waals surface area contributed by atoms with Crippen LogP contribution in [0.1, 0.15) is 47.5 Å². The first-order chi connectivity index (χ1) is 6.27. The summed E-state index contributed by atoms with van der Waals surface area (Å²) in [6.45, 7) is 9.18. The lowest BCUT2D eigenvalue weighted by atomic mass is 10.2. The summed E-state index contributed by atoms with van der Waals surface area (Å²) < 4.78 is 23.4. The van der Waals surface area contributed by atoms with Gasteiger partial charge in [0.2, 0.25) is 0 Å². The van der Waals surface area contributed by atoms with E-state index in [0.717, 1.165) is 6.42 Å². The highest BCUT2D eigenvalue weighted by Crippen LogP contribution is 2.23. The summed E-state index contributed by atoms with van der Waals surface area (Å²) in [6.07, 6.45) is 5.28. The van der Waals surface area contributed by atoms with E-state index < -0.39 is 14.6 Å². The quantitative estimate of drug-likeness (QED) is 0.680. The van der Waals surface area contributed by atoms with Gasteiger partial charge in [0.1, 0.15) is 0 Å². The van der Waals surface area contributed by atoms with E-state index in [0.29, 0.717) is 6.42 Å². The van der Waals surface area contributed by atoms with Crippen molar-refractivity contribution in [3.63, 3.8) is 0 Å². The third-order valence-electron chi connectivity index (χ3n) is 2.24. The van der Waals surface area contributed by atoms with Crippen molar-refractivity contribution in [1.82, 2.24) is 0 Å². The highest BCUT2D eigenvalue weighted by molar-refractivity contribution is 7.93. The maximum absolute atomic E-state index is 12.0. The number of hydrogen-bond acceptors (Lipinski definition) is 2. The van der Waals surface area contributed by atoms with E-state index in [9.17, 15) is 8.42 Å². The number of hydrogen-bond donors (Lipinski definition) is 0. The second-order valence-corrected chi connectivity index (χ2v) is 7.36. The molecule has 0 aromatic rings. The molecule has 0 aromatic heterocycles. The van der Waals surface area contributed by atoms with Gasteiger partial charge < -0.3 is 0 Å². The van der Waals surface area contributed by atoms with Gasteiger partial charge in [-0.2, -0.15) is 0 Å². The summed E-state index contributed by atoms with van der Waals surface area (Å²) in [5.41, 5.74) is 0. The fraction of sp³-hybridized carbons (Fsp3) is 0.818. The van der Waals surface area contributed by atoms with Gasteiger partial charge in [0, 0.05) is 0 Å². The van der Waals surface area contributed by atoms with Crippen molar-refractivity contribution in [3.8, 4) is 0 Å². The lowest BCUT2D eigenvalue weighted by Gasteiger charge is -2.24. The second kappa shape index (κ2) is 4.96. The standard InChI is InChI=1S/C11H22O2S/c1-6-8-9-10(7-2)14(12,13)11(3,4)5/h8-10H,6-7H2,1-5H3/b9-8+/t10-/m1/s1. The number of rotatable bonds is 4. The Morgan fingerprint density at radius 3 is 2.00 bits per heavy atom.